The van der Waals surface area contributed by atoms with Crippen molar-refractivity contribution >= 4 is 50.7 Å². The number of anilines is 1. The van der Waals surface area contributed by atoms with Gasteiger partial charge in [-0.05, 0) is 67.3 Å². The number of hydrogen-bond donors (Lipinski definition) is 1. The SMILES string of the molecule is CC[C@@H](C(=O)NC1CCCC1)N(Cc1ccccc1)C(=O)CN(c1cccc(Cl)c1)S(=O)(=O)c1ccc(Cl)cc1. The average molecular weight is 603 g/mol. The summed E-state index contributed by atoms with van der Waals surface area (Å²) in [7, 11) is -4.19. The van der Waals surface area contributed by atoms with E-state index in [1.54, 1.807) is 18.2 Å². The molecule has 2 amide bonds. The predicted molar refractivity (Wildman–Crippen MR) is 159 cm³/mol. The molecule has 7 nitrogen and oxygen atoms in total. The molecule has 0 aliphatic heterocycles. The van der Waals surface area contributed by atoms with Gasteiger partial charge in [0.25, 0.3) is 10.0 Å². The van der Waals surface area contributed by atoms with Crippen LogP contribution in [-0.4, -0.2) is 43.8 Å². The molecule has 10 heteroatoms. The van der Waals surface area contributed by atoms with Crippen LogP contribution in [0, 0.1) is 0 Å². The minimum Gasteiger partial charge on any atom is -0.352 e. The second-order valence-corrected chi connectivity index (χ2v) is 12.6. The highest BCUT2D eigenvalue weighted by Gasteiger charge is 2.34. The molecule has 0 aromatic heterocycles. The molecular weight excluding hydrogens is 569 g/mol. The minimum atomic E-state index is -4.19. The maximum Gasteiger partial charge on any atom is 0.264 e. The fourth-order valence-electron chi connectivity index (χ4n) is 4.96. The maximum atomic E-state index is 14.1. The van der Waals surface area contributed by atoms with E-state index in [2.05, 4.69) is 5.32 Å². The Morgan fingerprint density at radius 2 is 1.60 bits per heavy atom. The molecule has 40 heavy (non-hydrogen) atoms. The first-order valence-corrected chi connectivity index (χ1v) is 15.6. The molecule has 1 atom stereocenters. The van der Waals surface area contributed by atoms with Crippen molar-refractivity contribution in [2.75, 3.05) is 10.8 Å². The predicted octanol–water partition coefficient (Wildman–Crippen LogP) is 6.05. The molecule has 0 heterocycles. The van der Waals surface area contributed by atoms with E-state index in [9.17, 15) is 18.0 Å². The van der Waals surface area contributed by atoms with E-state index in [0.717, 1.165) is 35.6 Å². The molecule has 0 bridgehead atoms. The smallest absolute Gasteiger partial charge is 0.264 e. The zero-order valence-corrected chi connectivity index (χ0v) is 24.6. The first-order chi connectivity index (χ1) is 19.2. The lowest BCUT2D eigenvalue weighted by atomic mass is 10.1. The third kappa shape index (κ3) is 7.36. The number of amides is 2. The van der Waals surface area contributed by atoms with Gasteiger partial charge in [0.2, 0.25) is 11.8 Å². The minimum absolute atomic E-state index is 0.0229. The van der Waals surface area contributed by atoms with Gasteiger partial charge in [0.1, 0.15) is 12.6 Å². The van der Waals surface area contributed by atoms with Crippen molar-refractivity contribution in [1.82, 2.24) is 10.2 Å². The van der Waals surface area contributed by atoms with Crippen molar-refractivity contribution in [2.45, 2.75) is 62.6 Å². The second-order valence-electron chi connectivity index (χ2n) is 9.87. The summed E-state index contributed by atoms with van der Waals surface area (Å²) in [4.78, 5) is 29.0. The molecule has 1 fully saturated rings. The van der Waals surface area contributed by atoms with E-state index >= 15 is 0 Å². The Balaban J connectivity index is 1.70. The molecule has 3 aromatic rings. The molecule has 1 aliphatic carbocycles. The third-order valence-corrected chi connectivity index (χ3v) is 9.34. The molecule has 0 spiro atoms. The summed E-state index contributed by atoms with van der Waals surface area (Å²) in [5.41, 5.74) is 1.07. The third-order valence-electron chi connectivity index (χ3n) is 7.06. The van der Waals surface area contributed by atoms with Crippen molar-refractivity contribution < 1.29 is 18.0 Å². The topological polar surface area (TPSA) is 86.8 Å². The Bertz CT molecular complexity index is 1410. The molecule has 1 N–H and O–H groups in total. The van der Waals surface area contributed by atoms with Gasteiger partial charge in [-0.3, -0.25) is 13.9 Å². The Morgan fingerprint density at radius 3 is 2.23 bits per heavy atom. The Hall–Kier alpha value is -3.07. The number of sulfonamides is 1. The number of nitrogens with zero attached hydrogens (tertiary/aromatic N) is 2. The summed E-state index contributed by atoms with van der Waals surface area (Å²) in [6.45, 7) is 1.48. The van der Waals surface area contributed by atoms with Gasteiger partial charge in [0, 0.05) is 22.6 Å². The van der Waals surface area contributed by atoms with Crippen LogP contribution in [0.5, 0.6) is 0 Å². The largest absolute Gasteiger partial charge is 0.352 e. The van der Waals surface area contributed by atoms with Crippen LogP contribution >= 0.6 is 23.2 Å². The molecule has 0 radical (unpaired) electrons. The molecule has 3 aromatic carbocycles. The summed E-state index contributed by atoms with van der Waals surface area (Å²) in [5, 5.41) is 3.82. The number of carbonyl (C=O) groups is 2. The number of carbonyl (C=O) groups excluding carboxylic acids is 2. The summed E-state index contributed by atoms with van der Waals surface area (Å²) in [5.74, 6) is -0.733. The standard InChI is InChI=1S/C30H33Cl2N3O4S/c1-2-28(30(37)33-25-12-6-7-13-25)34(20-22-9-4-3-5-10-22)29(36)21-35(26-14-8-11-24(32)19-26)40(38,39)27-17-15-23(31)16-18-27/h3-5,8-11,14-19,25,28H,2,6-7,12-13,20-21H2,1H3,(H,33,37)/t28-/m0/s1. The van der Waals surface area contributed by atoms with E-state index < -0.39 is 28.5 Å². The Kier molecular flexibility index (Phi) is 10.1. The van der Waals surface area contributed by atoms with E-state index in [1.807, 2.05) is 37.3 Å². The highest BCUT2D eigenvalue weighted by atomic mass is 35.5. The van der Waals surface area contributed by atoms with Crippen molar-refractivity contribution in [1.29, 1.82) is 0 Å². The normalized spacial score (nSPS) is 14.5. The lowest BCUT2D eigenvalue weighted by Gasteiger charge is -2.33. The van der Waals surface area contributed by atoms with Crippen molar-refractivity contribution in [3.8, 4) is 0 Å². The van der Waals surface area contributed by atoms with Crippen LogP contribution in [0.3, 0.4) is 0 Å². The van der Waals surface area contributed by atoms with Crippen LogP contribution < -0.4 is 9.62 Å². The zero-order chi connectivity index (χ0) is 28.7. The lowest BCUT2D eigenvalue weighted by Crippen LogP contribution is -2.53. The molecule has 1 saturated carbocycles. The van der Waals surface area contributed by atoms with Gasteiger partial charge in [-0.1, -0.05) is 79.4 Å². The van der Waals surface area contributed by atoms with Gasteiger partial charge >= 0.3 is 0 Å². The Labute approximate surface area is 246 Å². The van der Waals surface area contributed by atoms with E-state index in [4.69, 9.17) is 23.2 Å². The fraction of sp³-hybridized carbons (Fsp3) is 0.333. The molecule has 1 aliphatic rings. The molecule has 0 saturated heterocycles. The Morgan fingerprint density at radius 1 is 0.925 bits per heavy atom. The van der Waals surface area contributed by atoms with Crippen LogP contribution in [-0.2, 0) is 26.2 Å². The van der Waals surface area contributed by atoms with Crippen molar-refractivity contribution in [3.05, 3.63) is 94.5 Å². The summed E-state index contributed by atoms with van der Waals surface area (Å²) >= 11 is 12.2. The van der Waals surface area contributed by atoms with Gasteiger partial charge in [-0.15, -0.1) is 0 Å². The molecule has 212 valence electrons. The first kappa shape index (κ1) is 29.9. The van der Waals surface area contributed by atoms with Crippen molar-refractivity contribution in [3.63, 3.8) is 0 Å². The summed E-state index contributed by atoms with van der Waals surface area (Å²) in [6, 6.07) is 20.7. The monoisotopic (exact) mass is 601 g/mol. The van der Waals surface area contributed by atoms with Crippen LogP contribution in [0.2, 0.25) is 10.0 Å². The maximum absolute atomic E-state index is 14.1. The van der Waals surface area contributed by atoms with Crippen molar-refractivity contribution in [2.24, 2.45) is 0 Å². The fourth-order valence-corrected chi connectivity index (χ4v) is 6.68. The number of benzene rings is 3. The van der Waals surface area contributed by atoms with Gasteiger partial charge in [-0.2, -0.15) is 0 Å². The van der Waals surface area contributed by atoms with E-state index in [0.29, 0.717) is 16.5 Å². The molecule has 4 rings (SSSR count). The lowest BCUT2D eigenvalue weighted by molar-refractivity contribution is -0.140. The highest BCUT2D eigenvalue weighted by Crippen LogP contribution is 2.28. The number of hydrogen-bond acceptors (Lipinski definition) is 4. The van der Waals surface area contributed by atoms with Crippen LogP contribution in [0.1, 0.15) is 44.6 Å². The van der Waals surface area contributed by atoms with E-state index in [-0.39, 0.29) is 29.1 Å². The van der Waals surface area contributed by atoms with Gasteiger partial charge in [0.15, 0.2) is 0 Å². The average Bonchev–Trinajstić information content (AvgIpc) is 3.45. The molecular formula is C30H33Cl2N3O4S. The first-order valence-electron chi connectivity index (χ1n) is 13.4. The summed E-state index contributed by atoms with van der Waals surface area (Å²) < 4.78 is 28.8. The number of halogens is 2. The van der Waals surface area contributed by atoms with Gasteiger partial charge in [0.05, 0.1) is 10.6 Å². The number of rotatable bonds is 11. The van der Waals surface area contributed by atoms with Gasteiger partial charge < -0.3 is 10.2 Å². The van der Waals surface area contributed by atoms with Crippen LogP contribution in [0.15, 0.2) is 83.8 Å². The zero-order valence-electron chi connectivity index (χ0n) is 22.3. The van der Waals surface area contributed by atoms with Crippen LogP contribution in [0.4, 0.5) is 5.69 Å². The van der Waals surface area contributed by atoms with Gasteiger partial charge in [-0.25, -0.2) is 8.42 Å². The highest BCUT2D eigenvalue weighted by molar-refractivity contribution is 7.92. The molecule has 0 unspecified atom stereocenters. The van der Waals surface area contributed by atoms with E-state index in [1.165, 1.54) is 35.2 Å². The summed E-state index contributed by atoms with van der Waals surface area (Å²) in [6.07, 6.45) is 4.32. The quantitative estimate of drug-likeness (QED) is 0.289. The second kappa shape index (κ2) is 13.5. The van der Waals surface area contributed by atoms with Crippen LogP contribution in [0.25, 0.3) is 0 Å². The number of nitrogens with one attached hydrogen (secondary N) is 1.